The zero-order valence-corrected chi connectivity index (χ0v) is 10.0. The number of nitrogen functional groups attached to an aromatic ring is 1. The predicted molar refractivity (Wildman–Crippen MR) is 68.1 cm³/mol. The number of carbonyl (C=O) groups is 1. The van der Waals surface area contributed by atoms with Gasteiger partial charge in [0, 0.05) is 19.2 Å². The topological polar surface area (TPSA) is 72.4 Å². The van der Waals surface area contributed by atoms with E-state index in [0.29, 0.717) is 12.3 Å². The Kier molecular flexibility index (Phi) is 2.33. The third-order valence-corrected chi connectivity index (χ3v) is 3.33. The van der Waals surface area contributed by atoms with Crippen molar-refractivity contribution in [2.45, 2.75) is 12.8 Å². The quantitative estimate of drug-likeness (QED) is 0.829. The van der Waals surface area contributed by atoms with Crippen molar-refractivity contribution in [2.75, 3.05) is 17.7 Å². The fourth-order valence-electron chi connectivity index (χ4n) is 2.29. The van der Waals surface area contributed by atoms with Crippen molar-refractivity contribution in [3.63, 3.8) is 0 Å². The summed E-state index contributed by atoms with van der Waals surface area (Å²) in [6, 6.07) is 5.91. The molecule has 2 N–H and O–H groups in total. The van der Waals surface area contributed by atoms with E-state index in [1.807, 2.05) is 18.2 Å². The van der Waals surface area contributed by atoms with Gasteiger partial charge in [0.15, 0.2) is 0 Å². The molecule has 3 rings (SSSR count). The molecule has 2 heterocycles. The summed E-state index contributed by atoms with van der Waals surface area (Å²) in [6.45, 7) is 0. The molecule has 0 radical (unpaired) electrons. The van der Waals surface area contributed by atoms with Gasteiger partial charge in [-0.1, -0.05) is 11.2 Å². The molecule has 0 fully saturated rings. The molecule has 5 heteroatoms. The van der Waals surface area contributed by atoms with Crippen molar-refractivity contribution >= 4 is 17.5 Å². The molecule has 0 saturated carbocycles. The fraction of sp³-hybridized carbons (Fsp3) is 0.231. The summed E-state index contributed by atoms with van der Waals surface area (Å²) in [5.74, 6) is 0.468. The third-order valence-electron chi connectivity index (χ3n) is 3.33. The average molecular weight is 243 g/mol. The van der Waals surface area contributed by atoms with Crippen LogP contribution < -0.4 is 10.6 Å². The first kappa shape index (κ1) is 10.8. The molecule has 1 aromatic carbocycles. The van der Waals surface area contributed by atoms with Crippen molar-refractivity contribution in [1.29, 1.82) is 0 Å². The zero-order chi connectivity index (χ0) is 12.7. The van der Waals surface area contributed by atoms with Gasteiger partial charge in [0.2, 0.25) is 11.8 Å². The second-order valence-electron chi connectivity index (χ2n) is 4.40. The number of hydrogen-bond donors (Lipinski definition) is 1. The Morgan fingerprint density at radius 2 is 2.22 bits per heavy atom. The van der Waals surface area contributed by atoms with E-state index in [0.717, 1.165) is 28.8 Å². The minimum absolute atomic E-state index is 0.153. The number of aromatic nitrogens is 1. The minimum Gasteiger partial charge on any atom is -0.367 e. The fourth-order valence-corrected chi connectivity index (χ4v) is 2.29. The van der Waals surface area contributed by atoms with E-state index >= 15 is 0 Å². The van der Waals surface area contributed by atoms with Gasteiger partial charge in [-0.25, -0.2) is 0 Å². The van der Waals surface area contributed by atoms with E-state index in [4.69, 9.17) is 10.3 Å². The Bertz CT molecular complexity index is 618. The van der Waals surface area contributed by atoms with E-state index in [1.54, 1.807) is 18.1 Å². The van der Waals surface area contributed by atoms with Crippen molar-refractivity contribution in [3.05, 3.63) is 30.0 Å². The summed E-state index contributed by atoms with van der Waals surface area (Å²) in [5, 5.41) is 3.67. The van der Waals surface area contributed by atoms with E-state index in [9.17, 15) is 4.79 Å². The lowest BCUT2D eigenvalue weighted by atomic mass is 9.97. The number of aryl methyl sites for hydroxylation is 1. The number of carbonyl (C=O) groups excluding carboxylic acids is 1. The van der Waals surface area contributed by atoms with Crippen molar-refractivity contribution in [3.8, 4) is 11.1 Å². The molecule has 18 heavy (non-hydrogen) atoms. The normalized spacial score (nSPS) is 14.7. The standard InChI is InChI=1S/C13H13N3O2/c1-16-11-4-2-8(10-7-15-18-13(10)14)6-9(11)3-5-12(16)17/h2,4,6-7H,3,5,14H2,1H3. The van der Waals surface area contributed by atoms with Gasteiger partial charge in [-0.15, -0.1) is 0 Å². The minimum atomic E-state index is 0.153. The van der Waals surface area contributed by atoms with Crippen molar-refractivity contribution < 1.29 is 9.32 Å². The number of nitrogens with two attached hydrogens (primary N) is 1. The highest BCUT2D eigenvalue weighted by atomic mass is 16.5. The van der Waals surface area contributed by atoms with Crippen LogP contribution in [0.2, 0.25) is 0 Å². The van der Waals surface area contributed by atoms with Gasteiger partial charge in [0.1, 0.15) is 0 Å². The van der Waals surface area contributed by atoms with Gasteiger partial charge in [0.25, 0.3) is 0 Å². The highest BCUT2D eigenvalue weighted by Gasteiger charge is 2.21. The van der Waals surface area contributed by atoms with Crippen LogP contribution in [-0.2, 0) is 11.2 Å². The van der Waals surface area contributed by atoms with Gasteiger partial charge in [-0.3, -0.25) is 4.79 Å². The first-order valence-electron chi connectivity index (χ1n) is 5.77. The molecule has 1 aliphatic rings. The number of nitrogens with zero attached hydrogens (tertiary/aromatic N) is 2. The maximum Gasteiger partial charge on any atom is 0.229 e. The molecule has 2 aromatic rings. The molecule has 1 amide bonds. The molecule has 1 aliphatic heterocycles. The lowest BCUT2D eigenvalue weighted by Gasteiger charge is -2.26. The van der Waals surface area contributed by atoms with Crippen LogP contribution in [0.5, 0.6) is 0 Å². The summed E-state index contributed by atoms with van der Waals surface area (Å²) in [6.07, 6.45) is 2.92. The summed E-state index contributed by atoms with van der Waals surface area (Å²) in [5.41, 5.74) is 9.57. The molecule has 0 unspecified atom stereocenters. The number of anilines is 2. The number of hydrogen-bond acceptors (Lipinski definition) is 4. The van der Waals surface area contributed by atoms with E-state index < -0.39 is 0 Å². The molecule has 5 nitrogen and oxygen atoms in total. The molecule has 0 spiro atoms. The Morgan fingerprint density at radius 1 is 1.39 bits per heavy atom. The molecule has 1 aromatic heterocycles. The molecule has 0 atom stereocenters. The predicted octanol–water partition coefficient (Wildman–Crippen LogP) is 1.83. The van der Waals surface area contributed by atoms with Gasteiger partial charge in [0.05, 0.1) is 11.8 Å². The molecular weight excluding hydrogens is 230 g/mol. The van der Waals surface area contributed by atoms with Crippen LogP contribution in [0.25, 0.3) is 11.1 Å². The first-order chi connectivity index (χ1) is 8.66. The van der Waals surface area contributed by atoms with Crippen LogP contribution in [-0.4, -0.2) is 18.1 Å². The molecule has 0 saturated heterocycles. The first-order valence-corrected chi connectivity index (χ1v) is 5.77. The second-order valence-corrected chi connectivity index (χ2v) is 4.40. The summed E-state index contributed by atoms with van der Waals surface area (Å²) < 4.78 is 4.86. The number of amides is 1. The highest BCUT2D eigenvalue weighted by molar-refractivity contribution is 5.96. The third kappa shape index (κ3) is 1.55. The molecular formula is C13H13N3O2. The highest BCUT2D eigenvalue weighted by Crippen LogP contribution is 2.33. The van der Waals surface area contributed by atoms with Gasteiger partial charge in [-0.2, -0.15) is 0 Å². The number of fused-ring (bicyclic) bond motifs is 1. The van der Waals surface area contributed by atoms with Crippen LogP contribution in [0.4, 0.5) is 11.6 Å². The average Bonchev–Trinajstić information content (AvgIpc) is 2.80. The molecule has 0 bridgehead atoms. The monoisotopic (exact) mass is 243 g/mol. The number of benzene rings is 1. The summed E-state index contributed by atoms with van der Waals surface area (Å²) in [4.78, 5) is 13.3. The van der Waals surface area contributed by atoms with Crippen molar-refractivity contribution in [1.82, 2.24) is 5.16 Å². The summed E-state index contributed by atoms with van der Waals surface area (Å²) >= 11 is 0. The largest absolute Gasteiger partial charge is 0.367 e. The van der Waals surface area contributed by atoms with Crippen LogP contribution in [0.3, 0.4) is 0 Å². The molecule has 0 aliphatic carbocycles. The Hall–Kier alpha value is -2.30. The Labute approximate surface area is 104 Å². The second kappa shape index (κ2) is 3.87. The van der Waals surface area contributed by atoms with Crippen LogP contribution in [0, 0.1) is 0 Å². The van der Waals surface area contributed by atoms with Crippen LogP contribution in [0.15, 0.2) is 28.9 Å². The van der Waals surface area contributed by atoms with Gasteiger partial charge in [-0.05, 0) is 29.7 Å². The SMILES string of the molecule is CN1C(=O)CCc2cc(-c3cnoc3N)ccc21. The van der Waals surface area contributed by atoms with Gasteiger partial charge >= 0.3 is 0 Å². The summed E-state index contributed by atoms with van der Waals surface area (Å²) in [7, 11) is 1.80. The van der Waals surface area contributed by atoms with E-state index in [-0.39, 0.29) is 5.91 Å². The Morgan fingerprint density at radius 3 is 2.94 bits per heavy atom. The van der Waals surface area contributed by atoms with E-state index in [2.05, 4.69) is 5.16 Å². The Balaban J connectivity index is 2.07. The zero-order valence-electron chi connectivity index (χ0n) is 10.0. The smallest absolute Gasteiger partial charge is 0.229 e. The van der Waals surface area contributed by atoms with Crippen molar-refractivity contribution in [2.24, 2.45) is 0 Å². The van der Waals surface area contributed by atoms with E-state index in [1.165, 1.54) is 0 Å². The lowest BCUT2D eigenvalue weighted by molar-refractivity contribution is -0.118. The maximum absolute atomic E-state index is 11.6. The molecule has 92 valence electrons. The maximum atomic E-state index is 11.6. The van der Waals surface area contributed by atoms with Crippen LogP contribution >= 0.6 is 0 Å². The van der Waals surface area contributed by atoms with Gasteiger partial charge < -0.3 is 15.2 Å². The van der Waals surface area contributed by atoms with Crippen LogP contribution in [0.1, 0.15) is 12.0 Å². The number of rotatable bonds is 1. The lowest BCUT2D eigenvalue weighted by Crippen LogP contribution is -2.30.